The molecule has 0 amide bonds. The van der Waals surface area contributed by atoms with E-state index in [2.05, 4.69) is 6.92 Å². The molecule has 0 fully saturated rings. The predicted octanol–water partition coefficient (Wildman–Crippen LogP) is 4.35. The maximum atomic E-state index is 11.4. The molecule has 6 heteroatoms. The van der Waals surface area contributed by atoms with E-state index in [1.165, 1.54) is 25.7 Å². The molecule has 0 rings (SSSR count). The minimum Gasteiger partial charge on any atom is -0.463 e. The smallest absolute Gasteiger partial charge is 0.305 e. The Morgan fingerprint density at radius 1 is 0.680 bits per heavy atom. The van der Waals surface area contributed by atoms with Crippen LogP contribution in [0.15, 0.2) is 0 Å². The molecule has 0 spiro atoms. The number of esters is 1. The Bertz CT molecular complexity index is 277. The molecule has 0 aliphatic rings. The van der Waals surface area contributed by atoms with Gasteiger partial charge in [-0.3, -0.25) is 4.79 Å². The largest absolute Gasteiger partial charge is 0.463 e. The number of alkyl halides is 1. The summed E-state index contributed by atoms with van der Waals surface area (Å²) in [7, 11) is 0. The Balaban J connectivity index is 3.08. The van der Waals surface area contributed by atoms with E-state index in [-0.39, 0.29) is 5.97 Å². The molecule has 0 heterocycles. The number of halogens is 1. The Labute approximate surface area is 158 Å². The lowest BCUT2D eigenvalue weighted by molar-refractivity contribution is -0.145. The summed E-state index contributed by atoms with van der Waals surface area (Å²) in [5.74, 6) is 0.619. The first kappa shape index (κ1) is 24.6. The van der Waals surface area contributed by atoms with E-state index < -0.39 is 0 Å². The van der Waals surface area contributed by atoms with Gasteiger partial charge in [-0.15, -0.1) is 11.6 Å². The molecule has 5 nitrogen and oxygen atoms in total. The normalized spacial score (nSPS) is 11.0. The van der Waals surface area contributed by atoms with E-state index in [0.717, 1.165) is 38.2 Å². The molecule has 0 atom stereocenters. The van der Waals surface area contributed by atoms with Gasteiger partial charge in [-0.25, -0.2) is 0 Å². The van der Waals surface area contributed by atoms with Crippen molar-refractivity contribution in [2.75, 3.05) is 52.1 Å². The predicted molar refractivity (Wildman–Crippen MR) is 101 cm³/mol. The lowest BCUT2D eigenvalue weighted by Crippen LogP contribution is -2.14. The molecule has 0 saturated heterocycles. The molecule has 0 bridgehead atoms. The van der Waals surface area contributed by atoms with Crippen LogP contribution in [0.5, 0.6) is 0 Å². The molecule has 0 aliphatic carbocycles. The molecule has 0 aromatic heterocycles. The molecule has 0 aliphatic heterocycles. The highest BCUT2D eigenvalue weighted by atomic mass is 35.5. The summed E-state index contributed by atoms with van der Waals surface area (Å²) in [6.45, 7) is 5.91. The number of carbonyl (C=O) groups is 1. The number of hydrogen-bond donors (Lipinski definition) is 0. The number of rotatable bonds is 20. The van der Waals surface area contributed by atoms with Crippen molar-refractivity contribution in [1.82, 2.24) is 0 Å². The minimum atomic E-state index is -0.129. The van der Waals surface area contributed by atoms with Crippen LogP contribution in [0, 0.1) is 0 Å². The number of hydrogen-bond acceptors (Lipinski definition) is 5. The van der Waals surface area contributed by atoms with Crippen LogP contribution in [0.3, 0.4) is 0 Å². The minimum absolute atomic E-state index is 0.129. The number of carbonyl (C=O) groups excluding carboxylic acids is 1. The molecular weight excluding hydrogens is 344 g/mol. The molecule has 150 valence electrons. The Kier molecular flexibility index (Phi) is 21.4. The molecule has 0 N–H and O–H groups in total. The van der Waals surface area contributed by atoms with Gasteiger partial charge in [-0.2, -0.15) is 0 Å². The van der Waals surface area contributed by atoms with Gasteiger partial charge in [0.1, 0.15) is 6.61 Å². The summed E-state index contributed by atoms with van der Waals surface area (Å²) in [6.07, 6.45) is 9.38. The summed E-state index contributed by atoms with van der Waals surface area (Å²) < 4.78 is 21.3. The molecule has 0 aromatic rings. The van der Waals surface area contributed by atoms with Gasteiger partial charge in [0.05, 0.1) is 33.0 Å². The second-order valence-electron chi connectivity index (χ2n) is 5.97. The first-order valence-corrected chi connectivity index (χ1v) is 10.3. The van der Waals surface area contributed by atoms with Gasteiger partial charge in [0.15, 0.2) is 0 Å². The molecule has 0 unspecified atom stereocenters. The maximum Gasteiger partial charge on any atom is 0.305 e. The van der Waals surface area contributed by atoms with Crippen molar-refractivity contribution >= 4 is 17.6 Å². The number of unbranched alkanes of at least 4 members (excludes halogenated alkanes) is 6. The van der Waals surface area contributed by atoms with Gasteiger partial charge in [0, 0.05) is 18.9 Å². The zero-order chi connectivity index (χ0) is 18.4. The zero-order valence-corrected chi connectivity index (χ0v) is 16.7. The molecule has 0 aromatic carbocycles. The molecular formula is C19H37ClO5. The van der Waals surface area contributed by atoms with Crippen LogP contribution in [0.2, 0.25) is 0 Å². The summed E-state index contributed by atoms with van der Waals surface area (Å²) in [6, 6.07) is 0. The van der Waals surface area contributed by atoms with E-state index in [1.54, 1.807) is 0 Å². The lowest BCUT2D eigenvalue weighted by Gasteiger charge is -2.07. The molecule has 0 saturated carbocycles. The van der Waals surface area contributed by atoms with Gasteiger partial charge in [-0.05, 0) is 19.3 Å². The van der Waals surface area contributed by atoms with Crippen LogP contribution in [-0.4, -0.2) is 58.1 Å². The van der Waals surface area contributed by atoms with Gasteiger partial charge < -0.3 is 18.9 Å². The van der Waals surface area contributed by atoms with Crippen LogP contribution in [0.1, 0.15) is 64.7 Å². The van der Waals surface area contributed by atoms with Crippen LogP contribution in [0.25, 0.3) is 0 Å². The summed E-state index contributed by atoms with van der Waals surface area (Å²) in [5.41, 5.74) is 0. The van der Waals surface area contributed by atoms with Crippen molar-refractivity contribution in [2.45, 2.75) is 64.7 Å². The fourth-order valence-corrected chi connectivity index (χ4v) is 2.37. The van der Waals surface area contributed by atoms with Gasteiger partial charge >= 0.3 is 5.97 Å². The van der Waals surface area contributed by atoms with Gasteiger partial charge in [0.2, 0.25) is 0 Å². The van der Waals surface area contributed by atoms with Crippen molar-refractivity contribution in [2.24, 2.45) is 0 Å². The van der Waals surface area contributed by atoms with E-state index in [1.807, 2.05) is 0 Å². The number of ether oxygens (including phenoxy) is 4. The maximum absolute atomic E-state index is 11.4. The SMILES string of the molecule is CCCCCCC(=O)OCCOCCOCCOCCCCCCCl. The van der Waals surface area contributed by atoms with E-state index >= 15 is 0 Å². The fourth-order valence-electron chi connectivity index (χ4n) is 2.18. The van der Waals surface area contributed by atoms with Crippen LogP contribution in [0.4, 0.5) is 0 Å². The van der Waals surface area contributed by atoms with Crippen molar-refractivity contribution in [3.05, 3.63) is 0 Å². The third-order valence-corrected chi connectivity index (χ3v) is 3.91. The van der Waals surface area contributed by atoms with Crippen molar-refractivity contribution in [3.63, 3.8) is 0 Å². The molecule has 25 heavy (non-hydrogen) atoms. The standard InChI is InChI=1S/C19H37ClO5/c1-2-3-4-7-10-19(21)25-18-17-24-16-15-23-14-13-22-12-9-6-5-8-11-20/h2-18H2,1H3. The van der Waals surface area contributed by atoms with Crippen LogP contribution in [-0.2, 0) is 23.7 Å². The van der Waals surface area contributed by atoms with E-state index in [0.29, 0.717) is 46.1 Å². The zero-order valence-electron chi connectivity index (χ0n) is 15.9. The van der Waals surface area contributed by atoms with E-state index in [4.69, 9.17) is 30.5 Å². The first-order valence-electron chi connectivity index (χ1n) is 9.76. The van der Waals surface area contributed by atoms with Crippen molar-refractivity contribution < 1.29 is 23.7 Å². The highest BCUT2D eigenvalue weighted by Gasteiger charge is 2.02. The Morgan fingerprint density at radius 3 is 1.88 bits per heavy atom. The highest BCUT2D eigenvalue weighted by molar-refractivity contribution is 6.17. The van der Waals surface area contributed by atoms with Crippen molar-refractivity contribution in [3.8, 4) is 0 Å². The average Bonchev–Trinajstić information content (AvgIpc) is 2.62. The Hall–Kier alpha value is -0.360. The lowest BCUT2D eigenvalue weighted by atomic mass is 10.2. The van der Waals surface area contributed by atoms with Gasteiger partial charge in [0.25, 0.3) is 0 Å². The second kappa shape index (κ2) is 21.7. The summed E-state index contributed by atoms with van der Waals surface area (Å²) >= 11 is 5.61. The van der Waals surface area contributed by atoms with Gasteiger partial charge in [-0.1, -0.05) is 39.0 Å². The summed E-state index contributed by atoms with van der Waals surface area (Å²) in [4.78, 5) is 11.4. The summed E-state index contributed by atoms with van der Waals surface area (Å²) in [5, 5.41) is 0. The highest BCUT2D eigenvalue weighted by Crippen LogP contribution is 2.03. The quantitative estimate of drug-likeness (QED) is 0.178. The van der Waals surface area contributed by atoms with E-state index in [9.17, 15) is 4.79 Å². The topological polar surface area (TPSA) is 54.0 Å². The monoisotopic (exact) mass is 380 g/mol. The van der Waals surface area contributed by atoms with Crippen molar-refractivity contribution in [1.29, 1.82) is 0 Å². The first-order chi connectivity index (χ1) is 12.3. The van der Waals surface area contributed by atoms with Crippen LogP contribution >= 0.6 is 11.6 Å². The molecule has 0 radical (unpaired) electrons. The third-order valence-electron chi connectivity index (χ3n) is 3.64. The second-order valence-corrected chi connectivity index (χ2v) is 6.35. The fraction of sp³-hybridized carbons (Fsp3) is 0.947. The third kappa shape index (κ3) is 21.6. The van der Waals surface area contributed by atoms with Crippen LogP contribution < -0.4 is 0 Å². The average molecular weight is 381 g/mol. The Morgan fingerprint density at radius 2 is 1.24 bits per heavy atom.